The van der Waals surface area contributed by atoms with Crippen molar-refractivity contribution in [3.63, 3.8) is 0 Å². The molecule has 13 heavy (non-hydrogen) atoms. The Bertz CT molecular complexity index is 180. The minimum atomic E-state index is -0.678. The highest BCUT2D eigenvalue weighted by Gasteiger charge is 2.11. The first-order valence-electron chi connectivity index (χ1n) is 4.00. The van der Waals surface area contributed by atoms with E-state index in [2.05, 4.69) is 6.92 Å². The van der Waals surface area contributed by atoms with Crippen LogP contribution in [-0.4, -0.2) is 29.2 Å². The van der Waals surface area contributed by atoms with E-state index < -0.39 is 18.2 Å². The number of ether oxygens (including phenoxy) is 1. The number of alkyl halides is 1. The third-order valence-corrected chi connectivity index (χ3v) is 1.65. The van der Waals surface area contributed by atoms with Gasteiger partial charge in [0.25, 0.3) is 0 Å². The van der Waals surface area contributed by atoms with Gasteiger partial charge in [0.15, 0.2) is 0 Å². The van der Waals surface area contributed by atoms with Gasteiger partial charge in [0.2, 0.25) is 0 Å². The van der Waals surface area contributed by atoms with Gasteiger partial charge in [-0.3, -0.25) is 0 Å². The SMILES string of the molecule is [CH2]C(CC(O)CCl)OC(=O)C=CC. The highest BCUT2D eigenvalue weighted by Crippen LogP contribution is 2.04. The number of halogens is 1. The van der Waals surface area contributed by atoms with Gasteiger partial charge in [-0.15, -0.1) is 11.6 Å². The lowest BCUT2D eigenvalue weighted by atomic mass is 10.2. The van der Waals surface area contributed by atoms with Gasteiger partial charge in [-0.05, 0) is 13.8 Å². The van der Waals surface area contributed by atoms with E-state index >= 15 is 0 Å². The van der Waals surface area contributed by atoms with Gasteiger partial charge in [-0.1, -0.05) is 6.08 Å². The molecule has 0 rings (SSSR count). The molecule has 0 aromatic rings. The number of rotatable bonds is 5. The Labute approximate surface area is 83.3 Å². The second kappa shape index (κ2) is 6.92. The number of hydrogen-bond donors (Lipinski definition) is 1. The highest BCUT2D eigenvalue weighted by atomic mass is 35.5. The standard InChI is InChI=1S/C9H14ClO3/c1-3-4-9(12)13-7(2)5-8(11)6-10/h3-4,7-8,11H,2,5-6H2,1H3. The molecular weight excluding hydrogens is 192 g/mol. The lowest BCUT2D eigenvalue weighted by Gasteiger charge is -2.14. The Kier molecular flexibility index (Phi) is 6.63. The third-order valence-electron chi connectivity index (χ3n) is 1.30. The molecule has 0 aromatic heterocycles. The first-order valence-corrected chi connectivity index (χ1v) is 4.54. The van der Waals surface area contributed by atoms with Gasteiger partial charge in [-0.25, -0.2) is 4.79 Å². The third kappa shape index (κ3) is 6.61. The fraction of sp³-hybridized carbons (Fsp3) is 0.556. The predicted molar refractivity (Wildman–Crippen MR) is 51.4 cm³/mol. The zero-order chi connectivity index (χ0) is 10.3. The molecule has 0 bridgehead atoms. The fourth-order valence-electron chi connectivity index (χ4n) is 0.754. The Hall–Kier alpha value is -0.540. The topological polar surface area (TPSA) is 46.5 Å². The van der Waals surface area contributed by atoms with Crippen LogP contribution in [0.15, 0.2) is 12.2 Å². The van der Waals surface area contributed by atoms with Crippen molar-refractivity contribution >= 4 is 17.6 Å². The molecule has 2 unspecified atom stereocenters. The van der Waals surface area contributed by atoms with Crippen LogP contribution in [-0.2, 0) is 9.53 Å². The summed E-state index contributed by atoms with van der Waals surface area (Å²) in [6.45, 7) is 5.27. The first-order chi connectivity index (χ1) is 6.10. The van der Waals surface area contributed by atoms with Crippen LogP contribution in [0.1, 0.15) is 13.3 Å². The average molecular weight is 206 g/mol. The van der Waals surface area contributed by atoms with Crippen LogP contribution in [0, 0.1) is 6.92 Å². The summed E-state index contributed by atoms with van der Waals surface area (Å²) in [7, 11) is 0. The Morgan fingerprint density at radius 3 is 2.85 bits per heavy atom. The van der Waals surface area contributed by atoms with Crippen LogP contribution in [0.3, 0.4) is 0 Å². The normalized spacial score (nSPS) is 15.7. The Balaban J connectivity index is 3.73. The molecule has 1 N–H and O–H groups in total. The van der Waals surface area contributed by atoms with E-state index in [4.69, 9.17) is 21.4 Å². The number of carbonyl (C=O) groups excluding carboxylic acids is 1. The summed E-state index contributed by atoms with van der Waals surface area (Å²) in [5, 5.41) is 9.09. The minimum absolute atomic E-state index is 0.118. The van der Waals surface area contributed by atoms with Crippen molar-refractivity contribution in [2.45, 2.75) is 25.6 Å². The molecule has 0 amide bonds. The molecule has 2 atom stereocenters. The summed E-state index contributed by atoms with van der Waals surface area (Å²) >= 11 is 5.36. The van der Waals surface area contributed by atoms with Crippen molar-refractivity contribution in [2.24, 2.45) is 0 Å². The maximum absolute atomic E-state index is 10.9. The van der Waals surface area contributed by atoms with Crippen molar-refractivity contribution < 1.29 is 14.6 Å². The lowest BCUT2D eigenvalue weighted by molar-refractivity contribution is -0.141. The number of hydrogen-bond acceptors (Lipinski definition) is 3. The van der Waals surface area contributed by atoms with E-state index in [-0.39, 0.29) is 12.3 Å². The number of carbonyl (C=O) groups is 1. The number of aliphatic hydroxyl groups excluding tert-OH is 1. The molecule has 3 nitrogen and oxygen atoms in total. The molecule has 0 aliphatic carbocycles. The Morgan fingerprint density at radius 2 is 2.38 bits per heavy atom. The summed E-state index contributed by atoms with van der Waals surface area (Å²) in [6, 6.07) is 0. The summed E-state index contributed by atoms with van der Waals surface area (Å²) in [5.74, 6) is -0.336. The van der Waals surface area contributed by atoms with Crippen molar-refractivity contribution in [3.05, 3.63) is 19.1 Å². The van der Waals surface area contributed by atoms with E-state index in [0.717, 1.165) is 0 Å². The predicted octanol–water partition coefficient (Wildman–Crippen LogP) is 1.30. The fourth-order valence-corrected chi connectivity index (χ4v) is 0.880. The largest absolute Gasteiger partial charge is 0.459 e. The van der Waals surface area contributed by atoms with E-state index in [9.17, 15) is 4.79 Å². The van der Waals surface area contributed by atoms with Gasteiger partial charge >= 0.3 is 5.97 Å². The zero-order valence-electron chi connectivity index (χ0n) is 7.57. The molecule has 1 radical (unpaired) electrons. The number of aliphatic hydroxyl groups is 1. The van der Waals surface area contributed by atoms with Gasteiger partial charge in [-0.2, -0.15) is 0 Å². The molecule has 0 aliphatic rings. The van der Waals surface area contributed by atoms with Crippen LogP contribution >= 0.6 is 11.6 Å². The molecule has 0 aliphatic heterocycles. The molecule has 0 spiro atoms. The molecule has 0 aromatic carbocycles. The smallest absolute Gasteiger partial charge is 0.330 e. The van der Waals surface area contributed by atoms with Crippen LogP contribution in [0.5, 0.6) is 0 Å². The van der Waals surface area contributed by atoms with Crippen LogP contribution < -0.4 is 0 Å². The van der Waals surface area contributed by atoms with E-state index in [0.29, 0.717) is 0 Å². The molecule has 0 saturated carbocycles. The number of allylic oxidation sites excluding steroid dienone is 1. The zero-order valence-corrected chi connectivity index (χ0v) is 8.33. The van der Waals surface area contributed by atoms with Gasteiger partial charge in [0.1, 0.15) is 6.10 Å². The summed E-state index contributed by atoms with van der Waals surface area (Å²) < 4.78 is 4.81. The van der Waals surface area contributed by atoms with Crippen LogP contribution in [0.2, 0.25) is 0 Å². The average Bonchev–Trinajstić information content (AvgIpc) is 2.04. The monoisotopic (exact) mass is 205 g/mol. The van der Waals surface area contributed by atoms with Gasteiger partial charge in [0.05, 0.1) is 6.10 Å². The second-order valence-electron chi connectivity index (χ2n) is 2.60. The van der Waals surface area contributed by atoms with Crippen LogP contribution in [0.4, 0.5) is 0 Å². The van der Waals surface area contributed by atoms with Crippen LogP contribution in [0.25, 0.3) is 0 Å². The molecule has 0 saturated heterocycles. The molecular formula is C9H14ClO3. The maximum Gasteiger partial charge on any atom is 0.330 e. The van der Waals surface area contributed by atoms with Gasteiger partial charge < -0.3 is 9.84 Å². The highest BCUT2D eigenvalue weighted by molar-refractivity contribution is 6.18. The Morgan fingerprint density at radius 1 is 1.77 bits per heavy atom. The summed E-state index contributed by atoms with van der Waals surface area (Å²) in [5.41, 5.74) is 0. The quantitative estimate of drug-likeness (QED) is 0.418. The molecule has 75 valence electrons. The van der Waals surface area contributed by atoms with Crippen molar-refractivity contribution in [2.75, 3.05) is 5.88 Å². The number of esters is 1. The first kappa shape index (κ1) is 12.5. The maximum atomic E-state index is 10.9. The van der Waals surface area contributed by atoms with E-state index in [1.54, 1.807) is 13.0 Å². The molecule has 0 fully saturated rings. The van der Waals surface area contributed by atoms with Gasteiger partial charge in [0, 0.05) is 18.4 Å². The second-order valence-corrected chi connectivity index (χ2v) is 2.91. The van der Waals surface area contributed by atoms with Crippen molar-refractivity contribution in [3.8, 4) is 0 Å². The van der Waals surface area contributed by atoms with E-state index in [1.807, 2.05) is 0 Å². The molecule has 4 heteroatoms. The summed E-state index contributed by atoms with van der Waals surface area (Å²) in [6.07, 6.45) is 1.89. The molecule has 0 heterocycles. The lowest BCUT2D eigenvalue weighted by Crippen LogP contribution is -2.21. The summed E-state index contributed by atoms with van der Waals surface area (Å²) in [4.78, 5) is 10.9. The minimum Gasteiger partial charge on any atom is -0.459 e. The van der Waals surface area contributed by atoms with E-state index in [1.165, 1.54) is 6.08 Å². The van der Waals surface area contributed by atoms with Crippen molar-refractivity contribution in [1.29, 1.82) is 0 Å². The van der Waals surface area contributed by atoms with Crippen molar-refractivity contribution in [1.82, 2.24) is 0 Å².